The average Bonchev–Trinajstić information content (AvgIpc) is 3.74. The number of hydrogen-bond acceptors (Lipinski definition) is 0. The largest absolute Gasteiger partial charge is 0.309 e. The van der Waals surface area contributed by atoms with Crippen molar-refractivity contribution in [1.29, 1.82) is 0 Å². The van der Waals surface area contributed by atoms with Crippen LogP contribution in [-0.2, 0) is 6.42 Å². The molecule has 0 saturated carbocycles. The first kappa shape index (κ1) is 28.6. The minimum Gasteiger partial charge on any atom is -0.309 e. The molecule has 1 aromatic heterocycles. The Bertz CT molecular complexity index is 2710. The molecule has 9 aromatic rings. The lowest BCUT2D eigenvalue weighted by molar-refractivity contribution is 1.18. The Morgan fingerprint density at radius 1 is 0.340 bits per heavy atom. The minimum atomic E-state index is 0.955. The Hall–Kier alpha value is -6.44. The van der Waals surface area contributed by atoms with Gasteiger partial charge in [-0.1, -0.05) is 158 Å². The van der Waals surface area contributed by atoms with Crippen LogP contribution in [0.2, 0.25) is 0 Å². The Balaban J connectivity index is 1.18. The summed E-state index contributed by atoms with van der Waals surface area (Å²) in [7, 11) is 0. The third kappa shape index (κ3) is 4.63. The summed E-state index contributed by atoms with van der Waals surface area (Å²) in [5.41, 5.74) is 19.0. The van der Waals surface area contributed by atoms with Gasteiger partial charge in [0, 0.05) is 22.0 Å². The van der Waals surface area contributed by atoms with Crippen LogP contribution in [0.1, 0.15) is 11.1 Å². The Morgan fingerprint density at radius 3 is 1.72 bits per heavy atom. The maximum absolute atomic E-state index is 2.49. The summed E-state index contributed by atoms with van der Waals surface area (Å²) < 4.78 is 2.49. The molecule has 234 valence electrons. The van der Waals surface area contributed by atoms with E-state index in [0.717, 1.165) is 12.1 Å². The van der Waals surface area contributed by atoms with Gasteiger partial charge >= 0.3 is 0 Å². The molecule has 0 saturated heterocycles. The van der Waals surface area contributed by atoms with E-state index >= 15 is 0 Å². The molecule has 0 amide bonds. The molecule has 1 heteroatoms. The second kappa shape index (κ2) is 11.6. The molecule has 0 spiro atoms. The van der Waals surface area contributed by atoms with Gasteiger partial charge in [0.15, 0.2) is 0 Å². The first-order chi connectivity index (χ1) is 24.8. The van der Waals surface area contributed by atoms with E-state index in [9.17, 15) is 0 Å². The third-order valence-corrected chi connectivity index (χ3v) is 10.4. The summed E-state index contributed by atoms with van der Waals surface area (Å²) in [6.07, 6.45) is 0.955. The van der Waals surface area contributed by atoms with Crippen LogP contribution < -0.4 is 0 Å². The topological polar surface area (TPSA) is 4.93 Å². The average molecular weight is 636 g/mol. The highest BCUT2D eigenvalue weighted by Gasteiger charge is 2.25. The molecule has 0 bridgehead atoms. The lowest BCUT2D eigenvalue weighted by atomic mass is 9.91. The highest BCUT2D eigenvalue weighted by atomic mass is 15.0. The van der Waals surface area contributed by atoms with Crippen LogP contribution in [0.5, 0.6) is 0 Å². The van der Waals surface area contributed by atoms with E-state index in [2.05, 4.69) is 193 Å². The molecule has 50 heavy (non-hydrogen) atoms. The number of hydrogen-bond donors (Lipinski definition) is 0. The molecule has 8 aromatic carbocycles. The molecule has 1 aliphatic rings. The summed E-state index contributed by atoms with van der Waals surface area (Å²) in [6, 6.07) is 68.9. The number of aromatic nitrogens is 1. The predicted molar refractivity (Wildman–Crippen MR) is 211 cm³/mol. The van der Waals surface area contributed by atoms with Gasteiger partial charge in [0.05, 0.1) is 11.0 Å². The predicted octanol–water partition coefficient (Wildman–Crippen LogP) is 13.0. The number of benzene rings is 8. The SMILES string of the molecule is c1ccc(-c2cccc(-c3cccc(-n4c5ccccc5c5cccc(-c6cccc7c6-c6cc(-c8ccccc8)ccc6C7)c54)c3)c2)cc1. The maximum atomic E-state index is 2.49. The van der Waals surface area contributed by atoms with Crippen molar-refractivity contribution in [2.45, 2.75) is 6.42 Å². The molecule has 0 atom stereocenters. The molecule has 1 aliphatic carbocycles. The van der Waals surface area contributed by atoms with E-state index in [1.54, 1.807) is 0 Å². The van der Waals surface area contributed by atoms with E-state index in [1.165, 1.54) is 88.6 Å². The molecule has 0 unspecified atom stereocenters. The van der Waals surface area contributed by atoms with Crippen LogP contribution in [0, 0.1) is 0 Å². The third-order valence-electron chi connectivity index (χ3n) is 10.4. The zero-order chi connectivity index (χ0) is 33.0. The van der Waals surface area contributed by atoms with Crippen molar-refractivity contribution >= 4 is 21.8 Å². The molecule has 1 nitrogen and oxygen atoms in total. The Labute approximate surface area is 292 Å². The van der Waals surface area contributed by atoms with Gasteiger partial charge in [0.1, 0.15) is 0 Å². The van der Waals surface area contributed by atoms with Crippen molar-refractivity contribution in [2.75, 3.05) is 0 Å². The zero-order valence-electron chi connectivity index (χ0n) is 27.6. The van der Waals surface area contributed by atoms with Crippen LogP contribution in [0.4, 0.5) is 0 Å². The summed E-state index contributed by atoms with van der Waals surface area (Å²) in [6.45, 7) is 0. The molecule has 10 rings (SSSR count). The molecule has 0 fully saturated rings. The first-order valence-electron chi connectivity index (χ1n) is 17.4. The number of rotatable bonds is 5. The van der Waals surface area contributed by atoms with E-state index in [1.807, 2.05) is 0 Å². The summed E-state index contributed by atoms with van der Waals surface area (Å²) in [5.74, 6) is 0. The quantitative estimate of drug-likeness (QED) is 0.177. The number of fused-ring (bicyclic) bond motifs is 6. The van der Waals surface area contributed by atoms with E-state index in [-0.39, 0.29) is 0 Å². The standard InChI is InChI=1S/C49H33N/c1-3-13-33(14-4-1)35-17-9-18-36(29-35)37-19-10-21-41(31-37)50-47-26-8-7-22-42(47)44-24-12-25-45(49(44)50)43-23-11-20-40-30-39-28-27-38(32-46(39)48(40)43)34-15-5-2-6-16-34/h1-29,31-32H,30H2. The Kier molecular flexibility index (Phi) is 6.63. The molecule has 0 radical (unpaired) electrons. The van der Waals surface area contributed by atoms with Gasteiger partial charge in [-0.25, -0.2) is 0 Å². The van der Waals surface area contributed by atoms with E-state index in [4.69, 9.17) is 0 Å². The van der Waals surface area contributed by atoms with Crippen LogP contribution in [0.15, 0.2) is 188 Å². The molecule has 0 aliphatic heterocycles. The maximum Gasteiger partial charge on any atom is 0.0619 e. The second-order valence-electron chi connectivity index (χ2n) is 13.3. The Morgan fingerprint density at radius 2 is 0.920 bits per heavy atom. The van der Waals surface area contributed by atoms with Crippen LogP contribution >= 0.6 is 0 Å². The highest BCUT2D eigenvalue weighted by Crippen LogP contribution is 2.47. The van der Waals surface area contributed by atoms with Crippen LogP contribution in [0.25, 0.3) is 83.1 Å². The van der Waals surface area contributed by atoms with Gasteiger partial charge in [-0.3, -0.25) is 0 Å². The van der Waals surface area contributed by atoms with Crippen LogP contribution in [-0.4, -0.2) is 4.57 Å². The molecular weight excluding hydrogens is 603 g/mol. The van der Waals surface area contributed by atoms with Gasteiger partial charge in [0.2, 0.25) is 0 Å². The van der Waals surface area contributed by atoms with Gasteiger partial charge in [0.25, 0.3) is 0 Å². The van der Waals surface area contributed by atoms with E-state index in [0.29, 0.717) is 0 Å². The van der Waals surface area contributed by atoms with Gasteiger partial charge in [-0.2, -0.15) is 0 Å². The van der Waals surface area contributed by atoms with Crippen molar-refractivity contribution in [2.24, 2.45) is 0 Å². The fourth-order valence-electron chi connectivity index (χ4n) is 8.11. The fourth-order valence-corrected chi connectivity index (χ4v) is 8.11. The van der Waals surface area contributed by atoms with E-state index < -0.39 is 0 Å². The van der Waals surface area contributed by atoms with Gasteiger partial charge in [-0.15, -0.1) is 0 Å². The van der Waals surface area contributed by atoms with Crippen LogP contribution in [0.3, 0.4) is 0 Å². The molecule has 0 N–H and O–H groups in total. The second-order valence-corrected chi connectivity index (χ2v) is 13.3. The molecular formula is C49H33N. The number of nitrogens with zero attached hydrogens (tertiary/aromatic N) is 1. The summed E-state index contributed by atoms with van der Waals surface area (Å²) in [5, 5.41) is 2.53. The monoisotopic (exact) mass is 635 g/mol. The summed E-state index contributed by atoms with van der Waals surface area (Å²) in [4.78, 5) is 0. The minimum absolute atomic E-state index is 0.955. The highest BCUT2D eigenvalue weighted by molar-refractivity contribution is 6.15. The van der Waals surface area contributed by atoms with Crippen molar-refractivity contribution in [3.63, 3.8) is 0 Å². The first-order valence-corrected chi connectivity index (χ1v) is 17.4. The van der Waals surface area contributed by atoms with Gasteiger partial charge < -0.3 is 4.57 Å². The lowest BCUT2D eigenvalue weighted by Crippen LogP contribution is -1.97. The van der Waals surface area contributed by atoms with Crippen molar-refractivity contribution in [3.8, 4) is 61.3 Å². The molecule has 1 heterocycles. The normalized spacial score (nSPS) is 11.9. The smallest absolute Gasteiger partial charge is 0.0619 e. The lowest BCUT2D eigenvalue weighted by Gasteiger charge is -2.16. The zero-order valence-corrected chi connectivity index (χ0v) is 27.6. The summed E-state index contributed by atoms with van der Waals surface area (Å²) >= 11 is 0. The number of para-hydroxylation sites is 2. The van der Waals surface area contributed by atoms with Gasteiger partial charge in [-0.05, 0) is 98.0 Å². The van der Waals surface area contributed by atoms with Crippen molar-refractivity contribution in [1.82, 2.24) is 4.57 Å². The van der Waals surface area contributed by atoms with Crippen molar-refractivity contribution < 1.29 is 0 Å². The van der Waals surface area contributed by atoms with Crippen molar-refractivity contribution in [3.05, 3.63) is 199 Å². The fraction of sp³-hybridized carbons (Fsp3) is 0.0204.